The van der Waals surface area contributed by atoms with Crippen molar-refractivity contribution in [1.29, 1.82) is 0 Å². The molecule has 242 valence electrons. The smallest absolute Gasteiger partial charge is 0.311 e. The minimum absolute atomic E-state index is 0.0111. The Morgan fingerprint density at radius 1 is 0.977 bits per heavy atom. The summed E-state index contributed by atoms with van der Waals surface area (Å²) in [6.45, 7) is 16.8. The third kappa shape index (κ3) is 5.08. The standard InChI is InChI=1S/C35H54O8/c1-19(2)24(36)10-8-20(30(41)43-31-29(40)28(39)25(37)18-42-31)21-12-16-35(7)23-9-11-26-32(3,4)27(38)14-15-33(26,5)22(23)13-17-34(21,35)6/h20-21,24-26,28-29,31,36-37,39-40H,1,8-18H2,2-7H3/t20-,21-,24?,25-,26+,28+,29-,31+,33-,34-,35+/m1/s1. The maximum absolute atomic E-state index is 14.0. The van der Waals surface area contributed by atoms with Crippen LogP contribution in [0.15, 0.2) is 23.3 Å². The van der Waals surface area contributed by atoms with E-state index in [-0.39, 0.29) is 34.2 Å². The summed E-state index contributed by atoms with van der Waals surface area (Å²) < 4.78 is 11.2. The molecule has 8 nitrogen and oxygen atoms in total. The monoisotopic (exact) mass is 602 g/mol. The summed E-state index contributed by atoms with van der Waals surface area (Å²) in [6, 6.07) is 0. The number of carbonyl (C=O) groups is 2. The van der Waals surface area contributed by atoms with Crippen LogP contribution < -0.4 is 0 Å². The van der Waals surface area contributed by atoms with Gasteiger partial charge in [-0.05, 0) is 92.8 Å². The Labute approximate surface area is 256 Å². The van der Waals surface area contributed by atoms with E-state index in [0.29, 0.717) is 36.5 Å². The summed E-state index contributed by atoms with van der Waals surface area (Å²) in [5.41, 5.74) is 3.16. The van der Waals surface area contributed by atoms with Gasteiger partial charge in [-0.2, -0.15) is 0 Å². The number of ether oxygens (including phenoxy) is 2. The molecule has 5 rings (SSSR count). The molecule has 4 N–H and O–H groups in total. The van der Waals surface area contributed by atoms with Crippen LogP contribution in [0.5, 0.6) is 0 Å². The van der Waals surface area contributed by atoms with E-state index < -0.39 is 42.6 Å². The highest BCUT2D eigenvalue weighted by molar-refractivity contribution is 5.85. The van der Waals surface area contributed by atoms with Gasteiger partial charge in [0.2, 0.25) is 6.29 Å². The molecule has 0 radical (unpaired) electrons. The van der Waals surface area contributed by atoms with Gasteiger partial charge in [0.25, 0.3) is 0 Å². The van der Waals surface area contributed by atoms with E-state index in [9.17, 15) is 30.0 Å². The van der Waals surface area contributed by atoms with Gasteiger partial charge in [0.15, 0.2) is 0 Å². The third-order valence-electron chi connectivity index (χ3n) is 13.4. The number of aliphatic hydroxyl groups excluding tert-OH is 4. The number of allylic oxidation sites excluding steroid dienone is 2. The van der Waals surface area contributed by atoms with Gasteiger partial charge in [-0.15, -0.1) is 0 Å². The van der Waals surface area contributed by atoms with Crippen LogP contribution in [0.2, 0.25) is 0 Å². The number of aliphatic hydroxyl groups is 4. The third-order valence-corrected chi connectivity index (χ3v) is 13.4. The molecular formula is C35H54O8. The van der Waals surface area contributed by atoms with E-state index in [1.807, 2.05) is 0 Å². The summed E-state index contributed by atoms with van der Waals surface area (Å²) in [5.74, 6) is -0.324. The van der Waals surface area contributed by atoms with E-state index in [1.165, 1.54) is 0 Å². The molecule has 1 heterocycles. The number of carbonyl (C=O) groups excluding carboxylic acids is 2. The van der Waals surface area contributed by atoms with Crippen molar-refractivity contribution >= 4 is 11.8 Å². The van der Waals surface area contributed by atoms with Gasteiger partial charge in [0.05, 0.1) is 18.6 Å². The zero-order valence-corrected chi connectivity index (χ0v) is 27.0. The largest absolute Gasteiger partial charge is 0.433 e. The quantitative estimate of drug-likeness (QED) is 0.245. The van der Waals surface area contributed by atoms with Gasteiger partial charge < -0.3 is 29.9 Å². The van der Waals surface area contributed by atoms with Crippen LogP contribution in [0, 0.1) is 39.4 Å². The number of rotatable bonds is 7. The normalized spacial score (nSPS) is 43.7. The molecule has 1 unspecified atom stereocenters. The molecular weight excluding hydrogens is 548 g/mol. The van der Waals surface area contributed by atoms with Crippen LogP contribution in [0.3, 0.4) is 0 Å². The molecule has 0 aromatic heterocycles. The first-order chi connectivity index (χ1) is 20.0. The molecule has 1 saturated heterocycles. The number of hydrogen-bond acceptors (Lipinski definition) is 8. The van der Waals surface area contributed by atoms with Crippen LogP contribution in [0.25, 0.3) is 0 Å². The molecule has 5 aliphatic rings. The molecule has 8 heteroatoms. The van der Waals surface area contributed by atoms with Crippen LogP contribution in [-0.4, -0.2) is 69.5 Å². The van der Waals surface area contributed by atoms with Crippen molar-refractivity contribution in [3.8, 4) is 0 Å². The lowest BCUT2D eigenvalue weighted by Gasteiger charge is -2.60. The second-order valence-corrected chi connectivity index (χ2v) is 15.7. The van der Waals surface area contributed by atoms with Crippen molar-refractivity contribution in [2.24, 2.45) is 39.4 Å². The van der Waals surface area contributed by atoms with Gasteiger partial charge in [-0.3, -0.25) is 9.59 Å². The molecule has 2 saturated carbocycles. The van der Waals surface area contributed by atoms with E-state index in [0.717, 1.165) is 44.9 Å². The van der Waals surface area contributed by atoms with Crippen LogP contribution in [0.1, 0.15) is 106 Å². The number of esters is 1. The molecule has 4 aliphatic carbocycles. The zero-order valence-electron chi connectivity index (χ0n) is 27.0. The predicted molar refractivity (Wildman–Crippen MR) is 161 cm³/mol. The minimum Gasteiger partial charge on any atom is -0.433 e. The Kier molecular flexibility index (Phi) is 8.65. The van der Waals surface area contributed by atoms with Gasteiger partial charge in [0.1, 0.15) is 24.1 Å². The summed E-state index contributed by atoms with van der Waals surface area (Å²) in [6.07, 6.45) is 1.60. The molecule has 0 aromatic carbocycles. The highest BCUT2D eigenvalue weighted by Gasteiger charge is 2.64. The molecule has 1 aliphatic heterocycles. The number of hydrogen-bond donors (Lipinski definition) is 4. The fraction of sp³-hybridized carbons (Fsp3) is 0.829. The van der Waals surface area contributed by atoms with Crippen molar-refractivity contribution in [3.63, 3.8) is 0 Å². The van der Waals surface area contributed by atoms with Gasteiger partial charge >= 0.3 is 5.97 Å². The molecule has 0 spiro atoms. The molecule has 43 heavy (non-hydrogen) atoms. The maximum Gasteiger partial charge on any atom is 0.311 e. The molecule has 11 atom stereocenters. The van der Waals surface area contributed by atoms with Crippen molar-refractivity contribution < 1.29 is 39.5 Å². The lowest BCUT2D eigenvalue weighted by molar-refractivity contribution is -0.265. The average molecular weight is 603 g/mol. The van der Waals surface area contributed by atoms with E-state index in [2.05, 4.69) is 41.2 Å². The van der Waals surface area contributed by atoms with Crippen LogP contribution in [0.4, 0.5) is 0 Å². The van der Waals surface area contributed by atoms with E-state index in [1.54, 1.807) is 18.1 Å². The van der Waals surface area contributed by atoms with Crippen molar-refractivity contribution in [1.82, 2.24) is 0 Å². The Morgan fingerprint density at radius 2 is 1.67 bits per heavy atom. The first-order valence-corrected chi connectivity index (χ1v) is 16.4. The van der Waals surface area contributed by atoms with Crippen molar-refractivity contribution in [3.05, 3.63) is 23.3 Å². The molecule has 0 bridgehead atoms. The Morgan fingerprint density at radius 3 is 2.35 bits per heavy atom. The molecule has 0 aromatic rings. The summed E-state index contributed by atoms with van der Waals surface area (Å²) in [7, 11) is 0. The Balaban J connectivity index is 1.45. The van der Waals surface area contributed by atoms with Crippen LogP contribution in [-0.2, 0) is 19.1 Å². The summed E-state index contributed by atoms with van der Waals surface area (Å²) in [5, 5.41) is 41.1. The fourth-order valence-corrected chi connectivity index (χ4v) is 10.3. The van der Waals surface area contributed by atoms with Crippen molar-refractivity contribution in [2.45, 2.75) is 136 Å². The van der Waals surface area contributed by atoms with Gasteiger partial charge in [-0.25, -0.2) is 0 Å². The lowest BCUT2D eigenvalue weighted by Crippen LogP contribution is -2.55. The Bertz CT molecular complexity index is 1170. The summed E-state index contributed by atoms with van der Waals surface area (Å²) in [4.78, 5) is 26.9. The highest BCUT2D eigenvalue weighted by Crippen LogP contribution is 2.72. The first kappa shape index (κ1) is 32.8. The topological polar surface area (TPSA) is 134 Å². The minimum atomic E-state index is -1.55. The number of fused-ring (bicyclic) bond motifs is 4. The van der Waals surface area contributed by atoms with Gasteiger partial charge in [0, 0.05) is 11.8 Å². The lowest BCUT2D eigenvalue weighted by atomic mass is 9.43. The molecule has 3 fully saturated rings. The SMILES string of the molecule is C=C(C)C(O)CC[C@@H](C(=O)O[C@@H]1OC[C@@H](O)[C@H](O)[C@H]1O)[C@H]1CC[C@@]2(C)C3=C(CC[C@]12C)[C@@]1(C)CCC(=O)C(C)(C)[C@@H]1CC3. The summed E-state index contributed by atoms with van der Waals surface area (Å²) >= 11 is 0. The highest BCUT2D eigenvalue weighted by atomic mass is 16.7. The second kappa shape index (κ2) is 11.3. The average Bonchev–Trinajstić information content (AvgIpc) is 3.22. The first-order valence-electron chi connectivity index (χ1n) is 16.4. The fourth-order valence-electron chi connectivity index (χ4n) is 10.3. The molecule has 0 amide bonds. The predicted octanol–water partition coefficient (Wildman–Crippen LogP) is 4.62. The maximum atomic E-state index is 14.0. The van der Waals surface area contributed by atoms with Gasteiger partial charge in [-0.1, -0.05) is 57.9 Å². The van der Waals surface area contributed by atoms with E-state index in [4.69, 9.17) is 9.47 Å². The van der Waals surface area contributed by atoms with E-state index >= 15 is 0 Å². The second-order valence-electron chi connectivity index (χ2n) is 15.7. The number of ketones is 1. The Hall–Kier alpha value is -1.58. The zero-order chi connectivity index (χ0) is 31.7. The number of Topliss-reactive ketones (excluding diaryl/α,β-unsaturated/α-hetero) is 1. The van der Waals surface area contributed by atoms with Crippen molar-refractivity contribution in [2.75, 3.05) is 6.61 Å². The van der Waals surface area contributed by atoms with Crippen LogP contribution >= 0.6 is 0 Å².